The fraction of sp³-hybridized carbons (Fsp3) is 0.500. The van der Waals surface area contributed by atoms with Crippen molar-refractivity contribution in [2.75, 3.05) is 6.54 Å². The Hall–Kier alpha value is -1.44. The second-order valence-electron chi connectivity index (χ2n) is 5.34. The smallest absolute Gasteiger partial charge is 0.240 e. The van der Waals surface area contributed by atoms with Crippen molar-refractivity contribution in [2.24, 2.45) is 5.14 Å². The van der Waals surface area contributed by atoms with Gasteiger partial charge in [-0.15, -0.1) is 0 Å². The van der Waals surface area contributed by atoms with E-state index in [9.17, 15) is 13.2 Å². The van der Waals surface area contributed by atoms with Crippen molar-refractivity contribution in [3.63, 3.8) is 0 Å². The van der Waals surface area contributed by atoms with E-state index in [1.165, 1.54) is 12.1 Å². The average Bonchev–Trinajstić information content (AvgIpc) is 2.94. The molecule has 0 saturated carbocycles. The molecule has 7 heteroatoms. The molecule has 0 aromatic heterocycles. The summed E-state index contributed by atoms with van der Waals surface area (Å²) in [6, 6.07) is 6.20. The summed E-state index contributed by atoms with van der Waals surface area (Å²) < 4.78 is 22.3. The molecule has 6 nitrogen and oxygen atoms in total. The van der Waals surface area contributed by atoms with Crippen LogP contribution in [0.5, 0.6) is 0 Å². The fourth-order valence-corrected chi connectivity index (χ4v) is 3.13. The number of carbonyl (C=O) groups excluding carboxylic acids is 1. The van der Waals surface area contributed by atoms with Crippen LogP contribution in [0.3, 0.4) is 0 Å². The summed E-state index contributed by atoms with van der Waals surface area (Å²) >= 11 is 0. The highest BCUT2D eigenvalue weighted by molar-refractivity contribution is 7.89. The number of amides is 1. The van der Waals surface area contributed by atoms with Gasteiger partial charge in [-0.3, -0.25) is 4.79 Å². The van der Waals surface area contributed by atoms with Gasteiger partial charge in [0.25, 0.3) is 0 Å². The van der Waals surface area contributed by atoms with Gasteiger partial charge in [0.05, 0.1) is 10.4 Å². The highest BCUT2D eigenvalue weighted by Gasteiger charge is 2.38. The minimum absolute atomic E-state index is 0.00183. The molecule has 1 fully saturated rings. The Morgan fingerprint density at radius 3 is 2.52 bits per heavy atom. The van der Waals surface area contributed by atoms with Gasteiger partial charge < -0.3 is 10.6 Å². The Kier molecular flexibility index (Phi) is 4.65. The van der Waals surface area contributed by atoms with E-state index in [4.69, 9.17) is 5.14 Å². The number of primary sulfonamides is 1. The van der Waals surface area contributed by atoms with Crippen LogP contribution in [0.15, 0.2) is 29.2 Å². The highest BCUT2D eigenvalue weighted by atomic mass is 32.2. The Morgan fingerprint density at radius 2 is 2.05 bits per heavy atom. The number of carbonyl (C=O) groups is 1. The second-order valence-corrected chi connectivity index (χ2v) is 6.90. The fourth-order valence-electron chi connectivity index (χ4n) is 2.61. The Labute approximate surface area is 125 Å². The summed E-state index contributed by atoms with van der Waals surface area (Å²) in [6.07, 6.45) is 2.60. The van der Waals surface area contributed by atoms with E-state index in [1.807, 2.05) is 6.92 Å². The first-order valence-electron chi connectivity index (χ1n) is 7.02. The normalized spacial score (nSPS) is 22.2. The number of sulfonamides is 1. The lowest BCUT2D eigenvalue weighted by Crippen LogP contribution is -2.52. The molecule has 2 rings (SSSR count). The average molecular weight is 311 g/mol. The second kappa shape index (κ2) is 6.13. The third kappa shape index (κ3) is 3.61. The van der Waals surface area contributed by atoms with Crippen LogP contribution in [0, 0.1) is 0 Å². The molecule has 1 unspecified atom stereocenters. The van der Waals surface area contributed by atoms with E-state index in [0.29, 0.717) is 6.54 Å². The van der Waals surface area contributed by atoms with E-state index in [1.54, 1.807) is 12.1 Å². The Balaban J connectivity index is 1.98. The molecule has 0 radical (unpaired) electrons. The molecule has 1 aliphatic heterocycles. The number of nitrogens with one attached hydrogen (secondary N) is 2. The molecule has 21 heavy (non-hydrogen) atoms. The number of benzene rings is 1. The van der Waals surface area contributed by atoms with Gasteiger partial charge in [-0.25, -0.2) is 13.6 Å². The summed E-state index contributed by atoms with van der Waals surface area (Å²) in [5, 5.41) is 11.2. The maximum Gasteiger partial charge on any atom is 0.240 e. The van der Waals surface area contributed by atoms with E-state index >= 15 is 0 Å². The lowest BCUT2D eigenvalue weighted by Gasteiger charge is -2.26. The Morgan fingerprint density at radius 1 is 1.38 bits per heavy atom. The molecule has 1 atom stereocenters. The van der Waals surface area contributed by atoms with Gasteiger partial charge in [0, 0.05) is 6.54 Å². The van der Waals surface area contributed by atoms with Gasteiger partial charge in [-0.1, -0.05) is 19.1 Å². The van der Waals surface area contributed by atoms with Crippen LogP contribution in [0.2, 0.25) is 0 Å². The van der Waals surface area contributed by atoms with Crippen LogP contribution in [0.4, 0.5) is 0 Å². The van der Waals surface area contributed by atoms with Crippen molar-refractivity contribution in [3.05, 3.63) is 29.8 Å². The molecule has 1 saturated heterocycles. The van der Waals surface area contributed by atoms with Crippen LogP contribution in [0.1, 0.15) is 31.7 Å². The van der Waals surface area contributed by atoms with Gasteiger partial charge >= 0.3 is 0 Å². The molecular formula is C14H21N3O3S. The minimum atomic E-state index is -3.68. The van der Waals surface area contributed by atoms with Gasteiger partial charge in [-0.05, 0) is 43.5 Å². The van der Waals surface area contributed by atoms with Crippen molar-refractivity contribution < 1.29 is 13.2 Å². The minimum Gasteiger partial charge on any atom is -0.350 e. The topological polar surface area (TPSA) is 101 Å². The van der Waals surface area contributed by atoms with E-state index in [2.05, 4.69) is 10.6 Å². The zero-order valence-electron chi connectivity index (χ0n) is 12.1. The van der Waals surface area contributed by atoms with Crippen LogP contribution in [-0.2, 0) is 21.4 Å². The van der Waals surface area contributed by atoms with Gasteiger partial charge in [0.15, 0.2) is 0 Å². The maximum absolute atomic E-state index is 12.3. The Bertz CT molecular complexity index is 605. The number of rotatable bonds is 5. The molecule has 1 heterocycles. The largest absolute Gasteiger partial charge is 0.350 e. The number of hydrogen-bond acceptors (Lipinski definition) is 4. The maximum atomic E-state index is 12.3. The highest BCUT2D eigenvalue weighted by Crippen LogP contribution is 2.23. The zero-order chi connectivity index (χ0) is 15.5. The molecular weight excluding hydrogens is 290 g/mol. The van der Waals surface area contributed by atoms with E-state index < -0.39 is 15.6 Å². The number of hydrogen-bond donors (Lipinski definition) is 3. The van der Waals surface area contributed by atoms with Crippen LogP contribution in [0.25, 0.3) is 0 Å². The molecule has 1 aromatic rings. The van der Waals surface area contributed by atoms with Crippen LogP contribution in [-0.4, -0.2) is 26.4 Å². The quantitative estimate of drug-likeness (QED) is 0.736. The first-order chi connectivity index (χ1) is 9.87. The lowest BCUT2D eigenvalue weighted by molar-refractivity contribution is -0.127. The van der Waals surface area contributed by atoms with Crippen molar-refractivity contribution in [2.45, 2.75) is 43.2 Å². The molecule has 116 valence electrons. The molecule has 1 aromatic carbocycles. The third-order valence-electron chi connectivity index (χ3n) is 3.99. The van der Waals surface area contributed by atoms with Crippen molar-refractivity contribution in [1.29, 1.82) is 0 Å². The summed E-state index contributed by atoms with van der Waals surface area (Å²) in [5.41, 5.74) is 0.376. The molecule has 0 aliphatic carbocycles. The summed E-state index contributed by atoms with van der Waals surface area (Å²) in [5.74, 6) is -0.00183. The van der Waals surface area contributed by atoms with E-state index in [0.717, 1.165) is 31.4 Å². The molecule has 1 aliphatic rings. The lowest BCUT2D eigenvalue weighted by atomic mass is 9.93. The number of nitrogens with two attached hydrogens (primary N) is 1. The molecule has 0 bridgehead atoms. The molecule has 1 amide bonds. The van der Waals surface area contributed by atoms with Gasteiger partial charge in [0.1, 0.15) is 0 Å². The SMILES string of the molecule is CCC1(C(=O)NCc2ccc(S(N)(=O)=O)cc2)CCCN1. The predicted octanol–water partition coefficient (Wildman–Crippen LogP) is 0.482. The summed E-state index contributed by atoms with van der Waals surface area (Å²) in [6.45, 7) is 3.23. The third-order valence-corrected chi connectivity index (χ3v) is 4.92. The van der Waals surface area contributed by atoms with Crippen LogP contribution < -0.4 is 15.8 Å². The van der Waals surface area contributed by atoms with Gasteiger partial charge in [-0.2, -0.15) is 0 Å². The zero-order valence-corrected chi connectivity index (χ0v) is 12.9. The van der Waals surface area contributed by atoms with Crippen LogP contribution >= 0.6 is 0 Å². The first kappa shape index (κ1) is 15.9. The van der Waals surface area contributed by atoms with Crippen molar-refractivity contribution in [3.8, 4) is 0 Å². The standard InChI is InChI=1S/C14H21N3O3S/c1-2-14(8-3-9-17-14)13(18)16-10-11-4-6-12(7-5-11)21(15,19)20/h4-7,17H,2-3,8-10H2,1H3,(H,16,18)(H2,15,19,20). The van der Waals surface area contributed by atoms with Gasteiger partial charge in [0.2, 0.25) is 15.9 Å². The molecule has 0 spiro atoms. The van der Waals surface area contributed by atoms with Crippen molar-refractivity contribution >= 4 is 15.9 Å². The molecule has 4 N–H and O–H groups in total. The summed E-state index contributed by atoms with van der Waals surface area (Å²) in [7, 11) is -3.68. The predicted molar refractivity (Wildman–Crippen MR) is 79.9 cm³/mol. The van der Waals surface area contributed by atoms with Crippen molar-refractivity contribution in [1.82, 2.24) is 10.6 Å². The summed E-state index contributed by atoms with van der Waals surface area (Å²) in [4.78, 5) is 12.4. The van der Waals surface area contributed by atoms with E-state index in [-0.39, 0.29) is 10.8 Å². The monoisotopic (exact) mass is 311 g/mol. The first-order valence-corrected chi connectivity index (χ1v) is 8.57.